The third-order valence-electron chi connectivity index (χ3n) is 3.26. The second-order valence-corrected chi connectivity index (χ2v) is 4.58. The molecule has 1 aromatic rings. The maximum atomic E-state index is 5.60. The fourth-order valence-electron chi connectivity index (χ4n) is 2.17. The number of rotatable bonds is 1. The van der Waals surface area contributed by atoms with E-state index in [2.05, 4.69) is 23.7 Å². The highest BCUT2D eigenvalue weighted by Crippen LogP contribution is 2.36. The Hall–Kier alpha value is -3.06. The quantitative estimate of drug-likeness (QED) is 0.673. The molecular weight excluding hydrogens is 240 g/mol. The fraction of sp³-hybridized carbons (Fsp3) is 0.100. The second kappa shape index (κ2) is 5.29. The molecule has 0 saturated heterocycles. The molecule has 0 nitrogen and oxygen atoms in total. The van der Waals surface area contributed by atoms with E-state index in [4.69, 9.17) is 25.7 Å². The molecule has 1 aromatic carbocycles. The predicted octanol–water partition coefficient (Wildman–Crippen LogP) is 3.27. The van der Waals surface area contributed by atoms with Crippen LogP contribution in [0.1, 0.15) is 17.5 Å². The van der Waals surface area contributed by atoms with Gasteiger partial charge in [-0.2, -0.15) is 0 Å². The molecule has 0 N–H and O–H groups in total. The minimum absolute atomic E-state index is 0.495. The smallest absolute Gasteiger partial charge is 0.115 e. The van der Waals surface area contributed by atoms with Gasteiger partial charge in [0, 0.05) is 17.6 Å². The van der Waals surface area contributed by atoms with E-state index in [-0.39, 0.29) is 0 Å². The Balaban J connectivity index is 2.60. The summed E-state index contributed by atoms with van der Waals surface area (Å²) in [7, 11) is 0. The molecular formula is C20H12. The molecule has 0 bridgehead atoms. The molecule has 0 spiro atoms. The number of benzene rings is 1. The molecule has 0 fully saturated rings. The first-order valence-electron chi connectivity index (χ1n) is 6.09. The van der Waals surface area contributed by atoms with Gasteiger partial charge in [0.15, 0.2) is 0 Å². The average molecular weight is 252 g/mol. The summed E-state index contributed by atoms with van der Waals surface area (Å²) in [5.41, 5.74) is 2.71. The third kappa shape index (κ3) is 2.38. The largest absolute Gasteiger partial charge is 0.118 e. The molecule has 0 aliphatic heterocycles. The highest BCUT2D eigenvalue weighted by atomic mass is 14.3. The van der Waals surface area contributed by atoms with Gasteiger partial charge in [-0.3, -0.25) is 0 Å². The summed E-state index contributed by atoms with van der Waals surface area (Å²) in [6.07, 6.45) is 26.5. The lowest BCUT2D eigenvalue weighted by Crippen LogP contribution is -2.17. The van der Waals surface area contributed by atoms with Gasteiger partial charge in [0.1, 0.15) is 5.41 Å². The molecule has 2 rings (SSSR count). The summed E-state index contributed by atoms with van der Waals surface area (Å²) in [6, 6.07) is 7.64. The van der Waals surface area contributed by atoms with Gasteiger partial charge < -0.3 is 0 Å². The molecule has 0 aromatic heterocycles. The van der Waals surface area contributed by atoms with Crippen molar-refractivity contribution < 1.29 is 0 Å². The van der Waals surface area contributed by atoms with Crippen molar-refractivity contribution in [2.75, 3.05) is 0 Å². The maximum Gasteiger partial charge on any atom is 0.115 e. The predicted molar refractivity (Wildman–Crippen MR) is 84.0 cm³/mol. The SMILES string of the molecule is C#CC1=CC(c2cccc(C#C)c2)=CC(C#C)(C#C)C1. The number of terminal acetylenes is 4. The van der Waals surface area contributed by atoms with Crippen molar-refractivity contribution in [2.45, 2.75) is 6.42 Å². The Kier molecular flexibility index (Phi) is 3.54. The third-order valence-corrected chi connectivity index (χ3v) is 3.26. The zero-order valence-electron chi connectivity index (χ0n) is 11.0. The first-order valence-corrected chi connectivity index (χ1v) is 6.09. The van der Waals surface area contributed by atoms with Crippen LogP contribution in [0.2, 0.25) is 0 Å². The fourth-order valence-corrected chi connectivity index (χ4v) is 2.17. The Morgan fingerprint density at radius 1 is 1.00 bits per heavy atom. The van der Waals surface area contributed by atoms with Crippen molar-refractivity contribution in [1.82, 2.24) is 0 Å². The zero-order valence-corrected chi connectivity index (χ0v) is 11.0. The first-order chi connectivity index (χ1) is 9.66. The van der Waals surface area contributed by atoms with Crippen LogP contribution in [-0.2, 0) is 0 Å². The second-order valence-electron chi connectivity index (χ2n) is 4.58. The molecule has 0 radical (unpaired) electrons. The van der Waals surface area contributed by atoms with Crippen molar-refractivity contribution in [2.24, 2.45) is 5.41 Å². The van der Waals surface area contributed by atoms with Crippen LogP contribution in [0.5, 0.6) is 0 Å². The summed E-state index contributed by atoms with van der Waals surface area (Å²) >= 11 is 0. The van der Waals surface area contributed by atoms with Crippen LogP contribution in [0.15, 0.2) is 42.0 Å². The standard InChI is InChI=1S/C20H12/c1-5-16-10-9-11-18(12-16)19-13-17(6-2)14-20(7-3,8-4)15-19/h1-4,9-13,15H,14H2. The van der Waals surface area contributed by atoms with Gasteiger partial charge in [-0.15, -0.1) is 25.7 Å². The Labute approximate surface area is 120 Å². The van der Waals surface area contributed by atoms with E-state index in [1.54, 1.807) is 0 Å². The van der Waals surface area contributed by atoms with E-state index in [1.165, 1.54) is 0 Å². The summed E-state index contributed by atoms with van der Waals surface area (Å²) in [6.45, 7) is 0. The lowest BCUT2D eigenvalue weighted by atomic mass is 9.76. The van der Waals surface area contributed by atoms with Gasteiger partial charge >= 0.3 is 0 Å². The highest BCUT2D eigenvalue weighted by molar-refractivity contribution is 5.79. The van der Waals surface area contributed by atoms with Crippen LogP contribution in [-0.4, -0.2) is 0 Å². The molecule has 0 atom stereocenters. The van der Waals surface area contributed by atoms with Gasteiger partial charge in [-0.05, 0) is 35.4 Å². The Bertz CT molecular complexity index is 757. The van der Waals surface area contributed by atoms with Gasteiger partial charge in [0.2, 0.25) is 0 Å². The van der Waals surface area contributed by atoms with Crippen molar-refractivity contribution >= 4 is 5.57 Å². The number of hydrogen-bond acceptors (Lipinski definition) is 0. The van der Waals surface area contributed by atoms with Crippen LogP contribution >= 0.6 is 0 Å². The summed E-state index contributed by atoms with van der Waals surface area (Å²) in [4.78, 5) is 0. The van der Waals surface area contributed by atoms with E-state index < -0.39 is 5.41 Å². The lowest BCUT2D eigenvalue weighted by Gasteiger charge is -2.24. The normalized spacial score (nSPS) is 15.6. The molecule has 0 heterocycles. The average Bonchev–Trinajstić information content (AvgIpc) is 2.54. The summed E-state index contributed by atoms with van der Waals surface area (Å²) in [5.74, 6) is 10.6. The molecule has 1 aliphatic carbocycles. The van der Waals surface area contributed by atoms with Gasteiger partial charge in [0.25, 0.3) is 0 Å². The molecule has 1 aliphatic rings. The summed E-state index contributed by atoms with van der Waals surface area (Å²) < 4.78 is 0. The molecule has 0 amide bonds. The van der Waals surface area contributed by atoms with Crippen LogP contribution in [0, 0.1) is 54.8 Å². The van der Waals surface area contributed by atoms with E-state index >= 15 is 0 Å². The van der Waals surface area contributed by atoms with Crippen molar-refractivity contribution in [3.63, 3.8) is 0 Å². The molecule has 0 saturated carbocycles. The minimum atomic E-state index is -0.766. The van der Waals surface area contributed by atoms with E-state index in [0.29, 0.717) is 6.42 Å². The van der Waals surface area contributed by atoms with Crippen LogP contribution in [0.3, 0.4) is 0 Å². The van der Waals surface area contributed by atoms with Crippen molar-refractivity contribution in [1.29, 1.82) is 0 Å². The topological polar surface area (TPSA) is 0 Å². The van der Waals surface area contributed by atoms with Gasteiger partial charge in [-0.25, -0.2) is 0 Å². The number of hydrogen-bond donors (Lipinski definition) is 0. The minimum Gasteiger partial charge on any atom is -0.118 e. The van der Waals surface area contributed by atoms with Gasteiger partial charge in [-0.1, -0.05) is 35.8 Å². The first kappa shape index (κ1) is 13.4. The zero-order chi connectivity index (χ0) is 14.6. The van der Waals surface area contributed by atoms with E-state index in [0.717, 1.165) is 22.3 Å². The number of allylic oxidation sites excluding steroid dienone is 4. The molecule has 92 valence electrons. The Morgan fingerprint density at radius 2 is 1.75 bits per heavy atom. The molecule has 0 unspecified atom stereocenters. The van der Waals surface area contributed by atoms with Crippen molar-refractivity contribution in [3.8, 4) is 49.4 Å². The van der Waals surface area contributed by atoms with E-state index in [9.17, 15) is 0 Å². The van der Waals surface area contributed by atoms with Crippen LogP contribution < -0.4 is 0 Å². The van der Waals surface area contributed by atoms with Crippen LogP contribution in [0.4, 0.5) is 0 Å². The highest BCUT2D eigenvalue weighted by Gasteiger charge is 2.27. The maximum absolute atomic E-state index is 5.60. The van der Waals surface area contributed by atoms with Gasteiger partial charge in [0.05, 0.1) is 0 Å². The van der Waals surface area contributed by atoms with Crippen LogP contribution in [0.25, 0.3) is 5.57 Å². The molecule has 0 heteroatoms. The molecule has 20 heavy (non-hydrogen) atoms. The Morgan fingerprint density at radius 3 is 2.35 bits per heavy atom. The summed E-state index contributed by atoms with van der Waals surface area (Å²) in [5, 5.41) is 0. The van der Waals surface area contributed by atoms with Crippen molar-refractivity contribution in [3.05, 3.63) is 53.1 Å². The monoisotopic (exact) mass is 252 g/mol. The van der Waals surface area contributed by atoms with E-state index in [1.807, 2.05) is 36.4 Å². The lowest BCUT2D eigenvalue weighted by molar-refractivity contribution is 0.680.